The van der Waals surface area contributed by atoms with Crippen LogP contribution in [0.15, 0.2) is 52.9 Å². The highest BCUT2D eigenvalue weighted by molar-refractivity contribution is 7.08. The van der Waals surface area contributed by atoms with Gasteiger partial charge in [0.2, 0.25) is 6.29 Å². The number of allylic oxidation sites excluding steroid dienone is 1. The number of amides is 1. The van der Waals surface area contributed by atoms with E-state index in [0.717, 1.165) is 61.4 Å². The van der Waals surface area contributed by atoms with Gasteiger partial charge in [-0.3, -0.25) is 9.69 Å². The zero-order valence-electron chi connectivity index (χ0n) is 32.8. The van der Waals surface area contributed by atoms with Crippen molar-refractivity contribution in [3.8, 4) is 23.0 Å². The third-order valence-corrected chi connectivity index (χ3v) is 12.8. The lowest BCUT2D eigenvalue weighted by atomic mass is 9.72. The van der Waals surface area contributed by atoms with Crippen LogP contribution in [0.2, 0.25) is 0 Å². The van der Waals surface area contributed by atoms with Gasteiger partial charge in [0.15, 0.2) is 28.8 Å². The Morgan fingerprint density at radius 2 is 1.56 bits per heavy atom. The molecule has 4 aliphatic rings. The number of carbonyl (C=O) groups is 1. The number of aliphatic hydroxyl groups excluding tert-OH is 1. The smallest absolute Gasteiger partial charge is 0.289 e. The summed E-state index contributed by atoms with van der Waals surface area (Å²) in [6.45, 7) is 5.70. The van der Waals surface area contributed by atoms with E-state index in [4.69, 9.17) is 38.3 Å². The minimum atomic E-state index is -0.609. The molecule has 1 fully saturated rings. The first-order valence-electron chi connectivity index (χ1n) is 19.6. The first-order chi connectivity index (χ1) is 26.9. The van der Waals surface area contributed by atoms with Crippen molar-refractivity contribution in [2.45, 2.75) is 69.7 Å². The summed E-state index contributed by atoms with van der Waals surface area (Å²) in [6.07, 6.45) is 6.49. The Kier molecular flexibility index (Phi) is 12.9. The third kappa shape index (κ3) is 8.34. The first kappa shape index (κ1) is 39.4. The minimum absolute atomic E-state index is 0.0297. The summed E-state index contributed by atoms with van der Waals surface area (Å²) in [7, 11) is 6.73. The molecule has 1 amide bonds. The van der Waals surface area contributed by atoms with Crippen molar-refractivity contribution in [3.63, 3.8) is 0 Å². The average molecular weight is 777 g/mol. The molecule has 4 aliphatic heterocycles. The SMILES string of the molecule is CC[C@H]1CN2CCc3cc(OC)c(OC)cc3[C@@H]2C[C@@H]1C[C@@H]1c2cc(OC)c(OC)cc2CCN1C(=O)C1=C[C@@H](c2ccsc2)C[C@@H](OCCOCCO)O1. The molecule has 55 heavy (non-hydrogen) atoms. The van der Waals surface area contributed by atoms with Crippen LogP contribution in [0.1, 0.15) is 78.4 Å². The summed E-state index contributed by atoms with van der Waals surface area (Å²) in [6, 6.07) is 10.7. The van der Waals surface area contributed by atoms with Gasteiger partial charge in [0, 0.05) is 38.0 Å². The van der Waals surface area contributed by atoms with Crippen LogP contribution in [0.25, 0.3) is 0 Å². The van der Waals surface area contributed by atoms with Gasteiger partial charge in [-0.25, -0.2) is 0 Å². The van der Waals surface area contributed by atoms with Gasteiger partial charge in [-0.05, 0) is 113 Å². The van der Waals surface area contributed by atoms with Crippen LogP contribution in [-0.2, 0) is 31.8 Å². The molecule has 12 heteroatoms. The maximum atomic E-state index is 15.0. The number of thiophene rings is 1. The molecule has 0 saturated carbocycles. The quantitative estimate of drug-likeness (QED) is 0.168. The van der Waals surface area contributed by atoms with Crippen molar-refractivity contribution in [2.24, 2.45) is 11.8 Å². The number of fused-ring (bicyclic) bond motifs is 4. The number of methoxy groups -OCH3 is 4. The molecule has 7 rings (SSSR count). The number of rotatable bonds is 15. The van der Waals surface area contributed by atoms with E-state index in [2.05, 4.69) is 52.9 Å². The van der Waals surface area contributed by atoms with Crippen LogP contribution in [0.5, 0.6) is 23.0 Å². The van der Waals surface area contributed by atoms with E-state index in [9.17, 15) is 4.79 Å². The third-order valence-electron chi connectivity index (χ3n) is 12.1. The molecule has 0 bridgehead atoms. The van der Waals surface area contributed by atoms with E-state index < -0.39 is 6.29 Å². The fourth-order valence-corrected chi connectivity index (χ4v) is 9.97. The Morgan fingerprint density at radius 1 is 0.873 bits per heavy atom. The highest BCUT2D eigenvalue weighted by Gasteiger charge is 2.43. The summed E-state index contributed by atoms with van der Waals surface area (Å²) in [4.78, 5) is 19.7. The molecular weight excluding hydrogens is 721 g/mol. The lowest BCUT2D eigenvalue weighted by molar-refractivity contribution is -0.158. The Morgan fingerprint density at radius 3 is 2.24 bits per heavy atom. The number of hydrogen-bond donors (Lipinski definition) is 1. The van der Waals surface area contributed by atoms with Crippen LogP contribution < -0.4 is 18.9 Å². The van der Waals surface area contributed by atoms with Crippen molar-refractivity contribution in [2.75, 3.05) is 74.5 Å². The van der Waals surface area contributed by atoms with Gasteiger partial charge in [-0.2, -0.15) is 11.3 Å². The molecule has 3 aromatic rings. The molecule has 298 valence electrons. The molecule has 0 aliphatic carbocycles. The number of hydrogen-bond acceptors (Lipinski definition) is 11. The lowest BCUT2D eigenvalue weighted by Crippen LogP contribution is -2.48. The molecule has 1 aromatic heterocycles. The van der Waals surface area contributed by atoms with Gasteiger partial charge in [0.05, 0.1) is 60.9 Å². The molecule has 1 saturated heterocycles. The monoisotopic (exact) mass is 776 g/mol. The zero-order chi connectivity index (χ0) is 38.5. The second kappa shape index (κ2) is 18.0. The summed E-state index contributed by atoms with van der Waals surface area (Å²) in [5.74, 6) is 3.88. The highest BCUT2D eigenvalue weighted by Crippen LogP contribution is 2.50. The predicted molar refractivity (Wildman–Crippen MR) is 210 cm³/mol. The summed E-state index contributed by atoms with van der Waals surface area (Å²) in [5.41, 5.74) is 6.06. The molecule has 1 N–H and O–H groups in total. The molecule has 11 nitrogen and oxygen atoms in total. The standard InChI is InChI=1S/C43H56N2O9S/c1-6-27-25-44-10-7-28-19-37(48-2)39(50-4)23-33(28)35(44)17-31(27)18-36-34-24-40(51-5)38(49-3)20-29(34)8-11-45(36)43(47)41-21-32(30-9-16-55-26-30)22-42(54-41)53-15-14-52-13-12-46/h9,16,19-21,23-24,26-27,31-32,35-36,42,46H,6-8,10-15,17-18,22,25H2,1-5H3/t27-,31+,32+,35-,36+,42-/m0/s1. The molecule has 2 aromatic carbocycles. The van der Waals surface area contributed by atoms with Gasteiger partial charge >= 0.3 is 0 Å². The summed E-state index contributed by atoms with van der Waals surface area (Å²) < 4.78 is 41.0. The Balaban J connectivity index is 1.21. The largest absolute Gasteiger partial charge is 0.493 e. The second-order valence-electron chi connectivity index (χ2n) is 14.9. The zero-order valence-corrected chi connectivity index (χ0v) is 33.6. The maximum Gasteiger partial charge on any atom is 0.289 e. The molecule has 0 spiro atoms. The minimum Gasteiger partial charge on any atom is -0.493 e. The van der Waals surface area contributed by atoms with E-state index in [1.165, 1.54) is 16.7 Å². The van der Waals surface area contributed by atoms with Crippen LogP contribution in [0, 0.1) is 11.8 Å². The van der Waals surface area contributed by atoms with Crippen molar-refractivity contribution < 1.29 is 43.1 Å². The van der Waals surface area contributed by atoms with Crippen molar-refractivity contribution in [1.82, 2.24) is 9.80 Å². The Hall–Kier alpha value is -3.81. The number of aliphatic hydroxyl groups is 1. The molecule has 0 radical (unpaired) electrons. The Bertz CT molecular complexity index is 1800. The van der Waals surface area contributed by atoms with Gasteiger partial charge in [0.25, 0.3) is 5.91 Å². The summed E-state index contributed by atoms with van der Waals surface area (Å²) >= 11 is 1.64. The first-order valence-corrected chi connectivity index (χ1v) is 20.6. The van der Waals surface area contributed by atoms with Crippen LogP contribution in [0.4, 0.5) is 0 Å². The van der Waals surface area contributed by atoms with Gasteiger partial charge < -0.3 is 43.2 Å². The van der Waals surface area contributed by atoms with E-state index in [1.807, 2.05) is 11.0 Å². The second-order valence-corrected chi connectivity index (χ2v) is 15.7. The average Bonchev–Trinajstić information content (AvgIpc) is 3.77. The van der Waals surface area contributed by atoms with Gasteiger partial charge in [-0.1, -0.05) is 13.3 Å². The molecule has 0 unspecified atom stereocenters. The van der Waals surface area contributed by atoms with Crippen LogP contribution >= 0.6 is 11.3 Å². The van der Waals surface area contributed by atoms with E-state index in [1.54, 1.807) is 39.8 Å². The number of nitrogens with zero attached hydrogens (tertiary/aromatic N) is 2. The molecular formula is C43H56N2O9S. The fourth-order valence-electron chi connectivity index (χ4n) is 9.24. The number of benzene rings is 2. The van der Waals surface area contributed by atoms with Crippen molar-refractivity contribution >= 4 is 17.2 Å². The number of piperidine rings is 1. The normalized spacial score (nSPS) is 24.8. The maximum absolute atomic E-state index is 15.0. The Labute approximate surface area is 329 Å². The topological polar surface area (TPSA) is 108 Å². The summed E-state index contributed by atoms with van der Waals surface area (Å²) in [5, 5.41) is 13.3. The highest BCUT2D eigenvalue weighted by atomic mass is 32.1. The lowest BCUT2D eigenvalue weighted by Gasteiger charge is -2.49. The van der Waals surface area contributed by atoms with E-state index in [0.29, 0.717) is 61.7 Å². The number of ether oxygens (including phenoxy) is 7. The van der Waals surface area contributed by atoms with E-state index in [-0.39, 0.29) is 37.1 Å². The molecule has 6 atom stereocenters. The van der Waals surface area contributed by atoms with Crippen molar-refractivity contribution in [1.29, 1.82) is 0 Å². The van der Waals surface area contributed by atoms with Crippen LogP contribution in [-0.4, -0.2) is 102 Å². The number of carbonyl (C=O) groups excluding carboxylic acids is 1. The van der Waals surface area contributed by atoms with Gasteiger partial charge in [0.1, 0.15) is 0 Å². The molecule has 5 heterocycles. The van der Waals surface area contributed by atoms with E-state index >= 15 is 0 Å². The predicted octanol–water partition coefficient (Wildman–Crippen LogP) is 6.68. The van der Waals surface area contributed by atoms with Gasteiger partial charge in [-0.15, -0.1) is 0 Å². The van der Waals surface area contributed by atoms with Crippen molar-refractivity contribution in [3.05, 3.63) is 80.7 Å². The van der Waals surface area contributed by atoms with Crippen LogP contribution in [0.3, 0.4) is 0 Å². The fraction of sp³-hybridized carbons (Fsp3) is 0.558.